The average molecular weight is 324 g/mol. The maximum Gasteiger partial charge on any atom is 0.0933 e. The van der Waals surface area contributed by atoms with Crippen LogP contribution in [0.2, 0.25) is 0 Å². The molecule has 0 radical (unpaired) electrons. The lowest BCUT2D eigenvalue weighted by molar-refractivity contribution is 0.686. The first kappa shape index (κ1) is 15.7. The molecule has 0 amide bonds. The lowest BCUT2D eigenvalue weighted by Crippen LogP contribution is -2.07. The van der Waals surface area contributed by atoms with Crippen LogP contribution < -0.4 is 5.32 Å². The minimum atomic E-state index is -0.940. The van der Waals surface area contributed by atoms with Gasteiger partial charge in [0.2, 0.25) is 0 Å². The molecule has 0 saturated carbocycles. The maximum atomic E-state index is 11.5. The molecule has 4 heteroatoms. The van der Waals surface area contributed by atoms with Gasteiger partial charge in [-0.1, -0.05) is 18.2 Å². The first-order valence-corrected chi connectivity index (χ1v) is 9.16. The highest BCUT2D eigenvalue weighted by atomic mass is 32.2. The zero-order valence-electron chi connectivity index (χ0n) is 13.5. The number of pyridine rings is 1. The maximum absolute atomic E-state index is 11.5. The van der Waals surface area contributed by atoms with Crippen LogP contribution in [0.5, 0.6) is 0 Å². The molecule has 0 fully saturated rings. The quantitative estimate of drug-likeness (QED) is 0.771. The molecular formula is C19H20N2OS. The Bertz CT molecular complexity index is 859. The average Bonchev–Trinajstić information content (AvgIpc) is 2.54. The van der Waals surface area contributed by atoms with E-state index < -0.39 is 10.8 Å². The van der Waals surface area contributed by atoms with E-state index >= 15 is 0 Å². The predicted octanol–water partition coefficient (Wildman–Crippen LogP) is 4.45. The van der Waals surface area contributed by atoms with Crippen molar-refractivity contribution in [2.45, 2.75) is 24.8 Å². The highest BCUT2D eigenvalue weighted by molar-refractivity contribution is 7.84. The molecule has 23 heavy (non-hydrogen) atoms. The van der Waals surface area contributed by atoms with Gasteiger partial charge in [0.15, 0.2) is 0 Å². The van der Waals surface area contributed by atoms with Gasteiger partial charge in [0.1, 0.15) is 0 Å². The Morgan fingerprint density at radius 1 is 1.13 bits per heavy atom. The van der Waals surface area contributed by atoms with Crippen LogP contribution in [0.25, 0.3) is 10.9 Å². The first-order valence-electron chi connectivity index (χ1n) is 7.60. The Kier molecular flexibility index (Phi) is 4.44. The van der Waals surface area contributed by atoms with Crippen LogP contribution in [0.4, 0.5) is 5.69 Å². The van der Waals surface area contributed by atoms with Crippen molar-refractivity contribution in [3.8, 4) is 0 Å². The standard InChI is InChI=1S/C19H20N2OS/c1-13-11-16-5-4-10-20-19(16)18(12-13)21-14(2)15-6-8-17(9-7-15)23(3)22/h4-12,14,21H,1-3H3/t14-,23-/m1/s1. The summed E-state index contributed by atoms with van der Waals surface area (Å²) in [7, 11) is -0.940. The Morgan fingerprint density at radius 2 is 1.87 bits per heavy atom. The van der Waals surface area contributed by atoms with Gasteiger partial charge < -0.3 is 5.32 Å². The Morgan fingerprint density at radius 3 is 2.57 bits per heavy atom. The fraction of sp³-hybridized carbons (Fsp3) is 0.211. The molecule has 0 aliphatic carbocycles. The van der Waals surface area contributed by atoms with Crippen molar-refractivity contribution in [1.82, 2.24) is 4.98 Å². The van der Waals surface area contributed by atoms with Gasteiger partial charge in [-0.2, -0.15) is 0 Å². The van der Waals surface area contributed by atoms with E-state index in [1.54, 1.807) is 6.26 Å². The monoisotopic (exact) mass is 324 g/mol. The molecule has 0 unspecified atom stereocenters. The van der Waals surface area contributed by atoms with Gasteiger partial charge in [-0.25, -0.2) is 0 Å². The molecule has 1 aromatic heterocycles. The minimum absolute atomic E-state index is 0.140. The topological polar surface area (TPSA) is 42.0 Å². The summed E-state index contributed by atoms with van der Waals surface area (Å²) >= 11 is 0. The third-order valence-electron chi connectivity index (χ3n) is 3.93. The Hall–Kier alpha value is -2.20. The van der Waals surface area contributed by atoms with E-state index in [9.17, 15) is 4.21 Å². The van der Waals surface area contributed by atoms with Gasteiger partial charge in [0.25, 0.3) is 0 Å². The number of fused-ring (bicyclic) bond motifs is 1. The fourth-order valence-corrected chi connectivity index (χ4v) is 3.24. The molecule has 1 heterocycles. The van der Waals surface area contributed by atoms with E-state index in [4.69, 9.17) is 0 Å². The lowest BCUT2D eigenvalue weighted by atomic mass is 10.1. The van der Waals surface area contributed by atoms with Crippen molar-refractivity contribution in [2.75, 3.05) is 11.6 Å². The van der Waals surface area contributed by atoms with Gasteiger partial charge in [-0.15, -0.1) is 0 Å². The SMILES string of the molecule is Cc1cc(N[C@H](C)c2ccc([S@@](C)=O)cc2)c2ncccc2c1. The summed E-state index contributed by atoms with van der Waals surface area (Å²) in [6.07, 6.45) is 3.51. The molecule has 1 N–H and O–H groups in total. The van der Waals surface area contributed by atoms with Gasteiger partial charge in [0.05, 0.1) is 11.2 Å². The van der Waals surface area contributed by atoms with Gasteiger partial charge in [0, 0.05) is 39.6 Å². The number of nitrogens with one attached hydrogen (secondary N) is 1. The van der Waals surface area contributed by atoms with Crippen LogP contribution in [0.3, 0.4) is 0 Å². The third-order valence-corrected chi connectivity index (χ3v) is 4.87. The summed E-state index contributed by atoms with van der Waals surface area (Å²) in [6.45, 7) is 4.21. The van der Waals surface area contributed by atoms with Gasteiger partial charge >= 0.3 is 0 Å². The van der Waals surface area contributed by atoms with Crippen molar-refractivity contribution in [3.63, 3.8) is 0 Å². The molecule has 0 aliphatic heterocycles. The van der Waals surface area contributed by atoms with E-state index in [1.165, 1.54) is 5.56 Å². The summed E-state index contributed by atoms with van der Waals surface area (Å²) in [5.41, 5.74) is 4.38. The summed E-state index contributed by atoms with van der Waals surface area (Å²) < 4.78 is 11.5. The highest BCUT2D eigenvalue weighted by Gasteiger charge is 2.10. The summed E-state index contributed by atoms with van der Waals surface area (Å²) in [4.78, 5) is 5.35. The summed E-state index contributed by atoms with van der Waals surface area (Å²) in [5.74, 6) is 0. The van der Waals surface area contributed by atoms with E-state index in [-0.39, 0.29) is 6.04 Å². The predicted molar refractivity (Wildman–Crippen MR) is 97.3 cm³/mol. The normalized spacial score (nSPS) is 13.7. The molecule has 118 valence electrons. The largest absolute Gasteiger partial charge is 0.377 e. The van der Waals surface area contributed by atoms with Crippen LogP contribution >= 0.6 is 0 Å². The minimum Gasteiger partial charge on any atom is -0.377 e. The van der Waals surface area contributed by atoms with Crippen molar-refractivity contribution < 1.29 is 4.21 Å². The van der Waals surface area contributed by atoms with Gasteiger partial charge in [-0.05, 0) is 55.3 Å². The number of aromatic nitrogens is 1. The molecule has 3 rings (SSSR count). The smallest absolute Gasteiger partial charge is 0.0933 e. The molecule has 0 spiro atoms. The molecule has 3 aromatic rings. The first-order chi connectivity index (χ1) is 11.0. The van der Waals surface area contributed by atoms with Crippen LogP contribution in [-0.4, -0.2) is 15.4 Å². The molecule has 0 aliphatic rings. The second-order valence-electron chi connectivity index (χ2n) is 5.78. The molecule has 0 bridgehead atoms. The van der Waals surface area contributed by atoms with E-state index in [2.05, 4.69) is 42.3 Å². The van der Waals surface area contributed by atoms with E-state index in [0.717, 1.165) is 27.0 Å². The highest BCUT2D eigenvalue weighted by Crippen LogP contribution is 2.27. The lowest BCUT2D eigenvalue weighted by Gasteiger charge is -2.18. The number of rotatable bonds is 4. The third kappa shape index (κ3) is 3.42. The van der Waals surface area contributed by atoms with Crippen LogP contribution in [0.1, 0.15) is 24.1 Å². The Balaban J connectivity index is 1.90. The number of nitrogens with zero attached hydrogens (tertiary/aromatic N) is 1. The molecule has 0 saturated heterocycles. The number of benzene rings is 2. The van der Waals surface area contributed by atoms with Crippen molar-refractivity contribution in [2.24, 2.45) is 0 Å². The number of hydrogen-bond acceptors (Lipinski definition) is 3. The molecular weight excluding hydrogens is 304 g/mol. The Labute approximate surface area is 139 Å². The van der Waals surface area contributed by atoms with Crippen molar-refractivity contribution in [1.29, 1.82) is 0 Å². The van der Waals surface area contributed by atoms with Gasteiger partial charge in [-0.3, -0.25) is 9.19 Å². The van der Waals surface area contributed by atoms with E-state index in [0.29, 0.717) is 0 Å². The summed E-state index contributed by atoms with van der Waals surface area (Å²) in [5, 5.41) is 4.69. The second kappa shape index (κ2) is 6.50. The number of aryl methyl sites for hydroxylation is 1. The van der Waals surface area contributed by atoms with Crippen LogP contribution in [-0.2, 0) is 10.8 Å². The van der Waals surface area contributed by atoms with Crippen LogP contribution in [0.15, 0.2) is 59.6 Å². The van der Waals surface area contributed by atoms with Crippen LogP contribution in [0, 0.1) is 6.92 Å². The van der Waals surface area contributed by atoms with Crippen molar-refractivity contribution in [3.05, 3.63) is 65.9 Å². The number of hydrogen-bond donors (Lipinski definition) is 1. The fourth-order valence-electron chi connectivity index (χ4n) is 2.72. The molecule has 3 nitrogen and oxygen atoms in total. The second-order valence-corrected chi connectivity index (χ2v) is 7.16. The molecule has 2 aromatic carbocycles. The molecule has 2 atom stereocenters. The number of anilines is 1. The van der Waals surface area contributed by atoms with Crippen molar-refractivity contribution >= 4 is 27.4 Å². The zero-order chi connectivity index (χ0) is 16.4. The zero-order valence-corrected chi connectivity index (χ0v) is 14.4. The van der Waals surface area contributed by atoms with E-state index in [1.807, 2.05) is 36.5 Å². The summed E-state index contributed by atoms with van der Waals surface area (Å²) in [6, 6.07) is 16.4.